The SMILES string of the molecule is CC[C@@H](C)NC(=O)NC(=O)COC(=O)c1cc(F)ccc1Br. The summed E-state index contributed by atoms with van der Waals surface area (Å²) in [5.41, 5.74) is -0.0446. The monoisotopic (exact) mass is 374 g/mol. The van der Waals surface area contributed by atoms with Crippen LogP contribution in [0.1, 0.15) is 30.6 Å². The van der Waals surface area contributed by atoms with Gasteiger partial charge < -0.3 is 10.1 Å². The summed E-state index contributed by atoms with van der Waals surface area (Å²) >= 11 is 3.08. The van der Waals surface area contributed by atoms with Crippen molar-refractivity contribution in [2.24, 2.45) is 0 Å². The van der Waals surface area contributed by atoms with Gasteiger partial charge in [-0.05, 0) is 47.5 Å². The van der Waals surface area contributed by atoms with E-state index in [0.717, 1.165) is 6.07 Å². The molecule has 2 N–H and O–H groups in total. The fraction of sp³-hybridized carbons (Fsp3) is 0.357. The average molecular weight is 375 g/mol. The number of nitrogens with one attached hydrogen (secondary N) is 2. The van der Waals surface area contributed by atoms with Crippen LogP contribution in [0.5, 0.6) is 0 Å². The standard InChI is InChI=1S/C14H16BrFN2O4/c1-3-8(2)17-14(21)18-12(19)7-22-13(20)10-6-9(16)4-5-11(10)15/h4-6,8H,3,7H2,1-2H3,(H2,17,18,19,21)/t8-/m1/s1. The van der Waals surface area contributed by atoms with Crippen LogP contribution in [0.15, 0.2) is 22.7 Å². The van der Waals surface area contributed by atoms with Gasteiger partial charge in [-0.3, -0.25) is 10.1 Å². The van der Waals surface area contributed by atoms with Crippen LogP contribution < -0.4 is 10.6 Å². The summed E-state index contributed by atoms with van der Waals surface area (Å²) in [4.78, 5) is 34.6. The normalized spacial score (nSPS) is 11.5. The smallest absolute Gasteiger partial charge is 0.339 e. The van der Waals surface area contributed by atoms with Gasteiger partial charge in [-0.15, -0.1) is 0 Å². The van der Waals surface area contributed by atoms with E-state index in [9.17, 15) is 18.8 Å². The van der Waals surface area contributed by atoms with Crippen LogP contribution in [0.2, 0.25) is 0 Å². The molecule has 0 aliphatic carbocycles. The highest BCUT2D eigenvalue weighted by Crippen LogP contribution is 2.18. The van der Waals surface area contributed by atoms with Crippen molar-refractivity contribution >= 4 is 33.8 Å². The number of carbonyl (C=O) groups excluding carboxylic acids is 3. The highest BCUT2D eigenvalue weighted by molar-refractivity contribution is 9.10. The van der Waals surface area contributed by atoms with Gasteiger partial charge in [-0.2, -0.15) is 0 Å². The topological polar surface area (TPSA) is 84.5 Å². The third-order valence-corrected chi connectivity index (χ3v) is 3.42. The maximum atomic E-state index is 13.1. The van der Waals surface area contributed by atoms with Crippen LogP contribution in [-0.4, -0.2) is 30.6 Å². The summed E-state index contributed by atoms with van der Waals surface area (Å²) in [6, 6.07) is 2.76. The van der Waals surface area contributed by atoms with E-state index in [1.165, 1.54) is 12.1 Å². The first-order valence-electron chi connectivity index (χ1n) is 6.56. The molecule has 8 heteroatoms. The Morgan fingerprint density at radius 3 is 2.68 bits per heavy atom. The van der Waals surface area contributed by atoms with Gasteiger partial charge in [0, 0.05) is 10.5 Å². The number of imide groups is 1. The summed E-state index contributed by atoms with van der Waals surface area (Å²) in [5, 5.41) is 4.55. The lowest BCUT2D eigenvalue weighted by Gasteiger charge is -2.12. The molecule has 0 radical (unpaired) electrons. The first-order valence-corrected chi connectivity index (χ1v) is 7.35. The van der Waals surface area contributed by atoms with Crippen LogP contribution >= 0.6 is 15.9 Å². The van der Waals surface area contributed by atoms with E-state index in [0.29, 0.717) is 10.9 Å². The maximum Gasteiger partial charge on any atom is 0.339 e. The molecule has 6 nitrogen and oxygen atoms in total. The second kappa shape index (κ2) is 8.47. The Hall–Kier alpha value is -1.96. The zero-order valence-electron chi connectivity index (χ0n) is 12.1. The van der Waals surface area contributed by atoms with Crippen molar-refractivity contribution in [3.05, 3.63) is 34.1 Å². The Labute approximate surface area is 135 Å². The van der Waals surface area contributed by atoms with Gasteiger partial charge in [-0.25, -0.2) is 14.0 Å². The molecule has 1 atom stereocenters. The Morgan fingerprint density at radius 2 is 2.05 bits per heavy atom. The van der Waals surface area contributed by atoms with Gasteiger partial charge in [0.05, 0.1) is 5.56 Å². The maximum absolute atomic E-state index is 13.1. The summed E-state index contributed by atoms with van der Waals surface area (Å²) in [7, 11) is 0. The molecular formula is C14H16BrFN2O4. The van der Waals surface area contributed by atoms with Gasteiger partial charge >= 0.3 is 12.0 Å². The summed E-state index contributed by atoms with van der Waals surface area (Å²) in [6.45, 7) is 3.02. The molecule has 0 aromatic heterocycles. The number of ether oxygens (including phenoxy) is 1. The summed E-state index contributed by atoms with van der Waals surface area (Å²) < 4.78 is 18.1. The van der Waals surface area contributed by atoms with Crippen LogP contribution in [-0.2, 0) is 9.53 Å². The van der Waals surface area contributed by atoms with Crippen LogP contribution in [0.4, 0.5) is 9.18 Å². The zero-order chi connectivity index (χ0) is 16.7. The number of halogens is 2. The quantitative estimate of drug-likeness (QED) is 0.774. The summed E-state index contributed by atoms with van der Waals surface area (Å²) in [5.74, 6) is -2.25. The zero-order valence-corrected chi connectivity index (χ0v) is 13.7. The predicted molar refractivity (Wildman–Crippen MR) is 80.8 cm³/mol. The Bertz CT molecular complexity index is 580. The van der Waals surface area contributed by atoms with Crippen LogP contribution in [0.25, 0.3) is 0 Å². The lowest BCUT2D eigenvalue weighted by molar-refractivity contribution is -0.123. The first kappa shape index (κ1) is 18.1. The minimum Gasteiger partial charge on any atom is -0.452 e. The minimum absolute atomic E-state index is 0.0446. The van der Waals surface area contributed by atoms with E-state index < -0.39 is 30.3 Å². The van der Waals surface area contributed by atoms with E-state index in [1.807, 2.05) is 12.2 Å². The van der Waals surface area contributed by atoms with Gasteiger partial charge in [0.25, 0.3) is 5.91 Å². The predicted octanol–water partition coefficient (Wildman–Crippen LogP) is 2.37. The molecule has 0 heterocycles. The van der Waals surface area contributed by atoms with E-state index in [-0.39, 0.29) is 11.6 Å². The molecule has 0 fully saturated rings. The molecule has 120 valence electrons. The molecule has 0 bridgehead atoms. The van der Waals surface area contributed by atoms with Gasteiger partial charge in [0.2, 0.25) is 0 Å². The number of esters is 1. The molecule has 22 heavy (non-hydrogen) atoms. The Balaban J connectivity index is 2.48. The number of benzene rings is 1. The van der Waals surface area contributed by atoms with Crippen molar-refractivity contribution in [2.75, 3.05) is 6.61 Å². The van der Waals surface area contributed by atoms with Crippen molar-refractivity contribution in [1.29, 1.82) is 0 Å². The summed E-state index contributed by atoms with van der Waals surface area (Å²) in [6.07, 6.45) is 0.712. The van der Waals surface area contributed by atoms with Gasteiger partial charge in [0.15, 0.2) is 6.61 Å². The van der Waals surface area contributed by atoms with E-state index in [2.05, 4.69) is 21.2 Å². The number of rotatable bonds is 5. The van der Waals surface area contributed by atoms with E-state index in [4.69, 9.17) is 4.74 Å². The highest BCUT2D eigenvalue weighted by Gasteiger charge is 2.16. The molecule has 1 aromatic carbocycles. The largest absolute Gasteiger partial charge is 0.452 e. The molecule has 0 aliphatic heterocycles. The third-order valence-electron chi connectivity index (χ3n) is 2.73. The van der Waals surface area contributed by atoms with Gasteiger partial charge in [-0.1, -0.05) is 6.92 Å². The second-order valence-electron chi connectivity index (χ2n) is 4.53. The van der Waals surface area contributed by atoms with Crippen molar-refractivity contribution in [1.82, 2.24) is 10.6 Å². The molecule has 0 spiro atoms. The molecule has 1 rings (SSSR count). The number of hydrogen-bond acceptors (Lipinski definition) is 4. The fourth-order valence-electron chi connectivity index (χ4n) is 1.39. The average Bonchev–Trinajstić information content (AvgIpc) is 2.46. The van der Waals surface area contributed by atoms with Crippen LogP contribution in [0.3, 0.4) is 0 Å². The second-order valence-corrected chi connectivity index (χ2v) is 5.39. The van der Waals surface area contributed by atoms with Gasteiger partial charge in [0.1, 0.15) is 5.82 Å². The molecule has 3 amide bonds. The Morgan fingerprint density at radius 1 is 1.36 bits per heavy atom. The first-order chi connectivity index (χ1) is 10.3. The van der Waals surface area contributed by atoms with Crippen molar-refractivity contribution in [3.8, 4) is 0 Å². The molecular weight excluding hydrogens is 359 g/mol. The molecule has 0 aliphatic rings. The van der Waals surface area contributed by atoms with Crippen molar-refractivity contribution in [2.45, 2.75) is 26.3 Å². The molecule has 0 unspecified atom stereocenters. The number of carbonyl (C=O) groups is 3. The number of hydrogen-bond donors (Lipinski definition) is 2. The van der Waals surface area contributed by atoms with Crippen molar-refractivity contribution in [3.63, 3.8) is 0 Å². The van der Waals surface area contributed by atoms with Crippen LogP contribution in [0, 0.1) is 5.82 Å². The lowest BCUT2D eigenvalue weighted by Crippen LogP contribution is -2.44. The van der Waals surface area contributed by atoms with E-state index >= 15 is 0 Å². The fourth-order valence-corrected chi connectivity index (χ4v) is 1.80. The minimum atomic E-state index is -0.871. The van der Waals surface area contributed by atoms with E-state index in [1.54, 1.807) is 6.92 Å². The number of amides is 3. The van der Waals surface area contributed by atoms with Crippen molar-refractivity contribution < 1.29 is 23.5 Å². The lowest BCUT2D eigenvalue weighted by atomic mass is 10.2. The molecule has 0 saturated heterocycles. The highest BCUT2D eigenvalue weighted by atomic mass is 79.9. The third kappa shape index (κ3) is 5.80. The number of urea groups is 1. The molecule has 1 aromatic rings. The molecule has 0 saturated carbocycles. The Kier molecular flexibility index (Phi) is 6.97.